The number of rotatable bonds is 10. The number of benzene rings is 1. The van der Waals surface area contributed by atoms with Crippen LogP contribution in [-0.4, -0.2) is 23.1 Å². The highest BCUT2D eigenvalue weighted by molar-refractivity contribution is 5.92. The summed E-state index contributed by atoms with van der Waals surface area (Å²) in [5.74, 6) is 0.170. The fraction of sp³-hybridized carbons (Fsp3) is 0.667. The Morgan fingerprint density at radius 1 is 1.00 bits per heavy atom. The van der Waals surface area contributed by atoms with Gasteiger partial charge in [-0.3, -0.25) is 9.59 Å². The molecule has 2 atom stereocenters. The van der Waals surface area contributed by atoms with Gasteiger partial charge < -0.3 is 5.32 Å². The standard InChI is InChI=1S/C24H39NO2/c1-8-9-15-19(22(27)23(2,3)4)17-21(26)20(25-24(5,6)7)16-18-13-11-10-12-14-18/h10-14,19-20,25H,8-9,15-17H2,1-7H3. The Morgan fingerprint density at radius 3 is 2.07 bits per heavy atom. The molecule has 0 aliphatic carbocycles. The first-order chi connectivity index (χ1) is 12.4. The fourth-order valence-corrected chi connectivity index (χ4v) is 3.39. The quantitative estimate of drug-likeness (QED) is 0.600. The minimum atomic E-state index is -0.412. The Morgan fingerprint density at radius 2 is 1.59 bits per heavy atom. The van der Waals surface area contributed by atoms with Crippen LogP contribution in [0.15, 0.2) is 30.3 Å². The van der Waals surface area contributed by atoms with Crippen molar-refractivity contribution >= 4 is 11.6 Å². The highest BCUT2D eigenvalue weighted by Crippen LogP contribution is 2.27. The van der Waals surface area contributed by atoms with Gasteiger partial charge in [0.15, 0.2) is 5.78 Å². The average Bonchev–Trinajstić information content (AvgIpc) is 2.56. The van der Waals surface area contributed by atoms with E-state index in [4.69, 9.17) is 0 Å². The first-order valence-corrected chi connectivity index (χ1v) is 10.3. The van der Waals surface area contributed by atoms with Crippen LogP contribution in [0, 0.1) is 11.3 Å². The van der Waals surface area contributed by atoms with Gasteiger partial charge >= 0.3 is 0 Å². The van der Waals surface area contributed by atoms with E-state index in [-0.39, 0.29) is 29.1 Å². The molecule has 1 aromatic carbocycles. The number of Topliss-reactive ketones (excluding diaryl/α,β-unsaturated/α-hetero) is 2. The molecule has 0 saturated carbocycles. The number of unbranched alkanes of at least 4 members (excludes halogenated alkanes) is 1. The van der Waals surface area contributed by atoms with E-state index in [0.717, 1.165) is 24.8 Å². The van der Waals surface area contributed by atoms with Crippen LogP contribution in [0.2, 0.25) is 0 Å². The third kappa shape index (κ3) is 8.83. The number of ketones is 2. The molecular formula is C24H39NO2. The predicted molar refractivity (Wildman–Crippen MR) is 114 cm³/mol. The molecule has 0 amide bonds. The molecule has 0 radical (unpaired) electrons. The molecular weight excluding hydrogens is 334 g/mol. The van der Waals surface area contributed by atoms with Crippen LogP contribution in [0.4, 0.5) is 0 Å². The maximum Gasteiger partial charge on any atom is 0.150 e. The minimum absolute atomic E-state index is 0.146. The minimum Gasteiger partial charge on any atom is -0.302 e. The van der Waals surface area contributed by atoms with Crippen LogP contribution in [0.5, 0.6) is 0 Å². The van der Waals surface area contributed by atoms with E-state index in [1.807, 2.05) is 39.0 Å². The zero-order valence-electron chi connectivity index (χ0n) is 18.4. The van der Waals surface area contributed by atoms with Crippen LogP contribution in [-0.2, 0) is 16.0 Å². The summed E-state index contributed by atoms with van der Waals surface area (Å²) >= 11 is 0. The Kier molecular flexibility index (Phi) is 8.87. The molecule has 0 spiro atoms. The second kappa shape index (κ2) is 10.2. The molecule has 0 aromatic heterocycles. The zero-order valence-corrected chi connectivity index (χ0v) is 18.4. The molecule has 0 heterocycles. The summed E-state index contributed by atoms with van der Waals surface area (Å²) in [6.45, 7) is 14.2. The maximum atomic E-state index is 13.2. The number of nitrogens with one attached hydrogen (secondary N) is 1. The van der Waals surface area contributed by atoms with Crippen molar-refractivity contribution in [3.63, 3.8) is 0 Å². The van der Waals surface area contributed by atoms with Crippen LogP contribution < -0.4 is 5.32 Å². The van der Waals surface area contributed by atoms with E-state index < -0.39 is 5.41 Å². The van der Waals surface area contributed by atoms with E-state index in [0.29, 0.717) is 12.8 Å². The summed E-state index contributed by atoms with van der Waals surface area (Å²) in [5, 5.41) is 3.48. The highest BCUT2D eigenvalue weighted by atomic mass is 16.1. The monoisotopic (exact) mass is 373 g/mol. The first-order valence-electron chi connectivity index (χ1n) is 10.3. The van der Waals surface area contributed by atoms with Crippen molar-refractivity contribution in [1.82, 2.24) is 5.32 Å². The van der Waals surface area contributed by atoms with Crippen LogP contribution in [0.3, 0.4) is 0 Å². The number of carbonyl (C=O) groups is 2. The lowest BCUT2D eigenvalue weighted by Crippen LogP contribution is -2.49. The average molecular weight is 374 g/mol. The summed E-state index contributed by atoms with van der Waals surface area (Å²) in [6, 6.07) is 9.82. The molecule has 2 unspecified atom stereocenters. The summed E-state index contributed by atoms with van der Waals surface area (Å²) in [7, 11) is 0. The SMILES string of the molecule is CCCCC(CC(=O)C(Cc1ccccc1)NC(C)(C)C)C(=O)C(C)(C)C. The summed E-state index contributed by atoms with van der Waals surface area (Å²) in [5.41, 5.74) is 0.562. The topological polar surface area (TPSA) is 46.2 Å². The summed E-state index contributed by atoms with van der Waals surface area (Å²) in [4.78, 5) is 26.1. The lowest BCUT2D eigenvalue weighted by atomic mass is 9.78. The molecule has 0 aliphatic rings. The number of carbonyl (C=O) groups excluding carboxylic acids is 2. The van der Waals surface area contributed by atoms with Crippen molar-refractivity contribution in [1.29, 1.82) is 0 Å². The third-order valence-electron chi connectivity index (χ3n) is 4.74. The van der Waals surface area contributed by atoms with E-state index in [2.05, 4.69) is 45.1 Å². The Hall–Kier alpha value is -1.48. The van der Waals surface area contributed by atoms with Crippen molar-refractivity contribution < 1.29 is 9.59 Å². The number of hydrogen-bond donors (Lipinski definition) is 1. The second-order valence-electron chi connectivity index (χ2n) is 9.76. The molecule has 0 aliphatic heterocycles. The fourth-order valence-electron chi connectivity index (χ4n) is 3.39. The summed E-state index contributed by atoms with van der Waals surface area (Å²) < 4.78 is 0. The van der Waals surface area contributed by atoms with Gasteiger partial charge in [-0.2, -0.15) is 0 Å². The van der Waals surface area contributed by atoms with Gasteiger partial charge in [-0.1, -0.05) is 70.9 Å². The van der Waals surface area contributed by atoms with Gasteiger partial charge in [0.2, 0.25) is 0 Å². The van der Waals surface area contributed by atoms with Crippen molar-refractivity contribution in [2.45, 2.75) is 92.2 Å². The van der Waals surface area contributed by atoms with Gasteiger partial charge in [0.05, 0.1) is 6.04 Å². The largest absolute Gasteiger partial charge is 0.302 e. The third-order valence-corrected chi connectivity index (χ3v) is 4.74. The van der Waals surface area contributed by atoms with Gasteiger partial charge in [0.25, 0.3) is 0 Å². The lowest BCUT2D eigenvalue weighted by Gasteiger charge is -2.30. The molecule has 27 heavy (non-hydrogen) atoms. The highest BCUT2D eigenvalue weighted by Gasteiger charge is 2.33. The Bertz CT molecular complexity index is 593. The second-order valence-corrected chi connectivity index (χ2v) is 9.76. The molecule has 0 saturated heterocycles. The molecule has 1 rings (SSSR count). The molecule has 3 heteroatoms. The molecule has 1 N–H and O–H groups in total. The zero-order chi connectivity index (χ0) is 20.7. The van der Waals surface area contributed by atoms with Gasteiger partial charge in [-0.05, 0) is 39.2 Å². The van der Waals surface area contributed by atoms with Gasteiger partial charge in [0, 0.05) is 23.3 Å². The molecule has 1 aromatic rings. The lowest BCUT2D eigenvalue weighted by molar-refractivity contribution is -0.134. The van der Waals surface area contributed by atoms with E-state index in [1.54, 1.807) is 0 Å². The van der Waals surface area contributed by atoms with Gasteiger partial charge in [0.1, 0.15) is 5.78 Å². The molecule has 152 valence electrons. The Labute approximate surface area is 166 Å². The van der Waals surface area contributed by atoms with Crippen LogP contribution in [0.25, 0.3) is 0 Å². The van der Waals surface area contributed by atoms with Gasteiger partial charge in [-0.25, -0.2) is 0 Å². The molecule has 3 nitrogen and oxygen atoms in total. The van der Waals surface area contributed by atoms with Crippen molar-refractivity contribution in [2.24, 2.45) is 11.3 Å². The van der Waals surface area contributed by atoms with E-state index >= 15 is 0 Å². The Balaban J connectivity index is 2.97. The first kappa shape index (κ1) is 23.6. The normalized spacial score (nSPS) is 14.6. The van der Waals surface area contributed by atoms with Crippen LogP contribution >= 0.6 is 0 Å². The van der Waals surface area contributed by atoms with E-state index in [9.17, 15) is 9.59 Å². The van der Waals surface area contributed by atoms with Crippen molar-refractivity contribution in [3.05, 3.63) is 35.9 Å². The molecule has 0 bridgehead atoms. The van der Waals surface area contributed by atoms with Crippen molar-refractivity contribution in [3.8, 4) is 0 Å². The maximum absolute atomic E-state index is 13.2. The molecule has 0 fully saturated rings. The van der Waals surface area contributed by atoms with E-state index in [1.165, 1.54) is 0 Å². The predicted octanol–water partition coefficient (Wildman–Crippen LogP) is 5.37. The van der Waals surface area contributed by atoms with Crippen LogP contribution in [0.1, 0.15) is 79.7 Å². The smallest absolute Gasteiger partial charge is 0.150 e. The van der Waals surface area contributed by atoms with Crippen molar-refractivity contribution in [2.75, 3.05) is 0 Å². The van der Waals surface area contributed by atoms with Gasteiger partial charge in [-0.15, -0.1) is 0 Å². The number of hydrogen-bond acceptors (Lipinski definition) is 3. The summed E-state index contributed by atoms with van der Waals surface area (Å²) in [6.07, 6.45) is 3.80.